The monoisotopic (exact) mass is 188 g/mol. The third-order valence-electron chi connectivity index (χ3n) is 3.28. The summed E-state index contributed by atoms with van der Waals surface area (Å²) in [7, 11) is 0. The summed E-state index contributed by atoms with van der Waals surface area (Å²) in [4.78, 5) is 11.4. The van der Waals surface area contributed by atoms with Crippen molar-refractivity contribution in [3.8, 4) is 0 Å². The molecule has 3 aliphatic rings. The standard InChI is InChI=1S/C9H13ClO2/c1-8-3-4-9(2,6(10)5-8)12-7(8)11/h6H,3-5H2,1-2H3/t6-,8+,9-/m1/s1. The van der Waals surface area contributed by atoms with Gasteiger partial charge in [-0.3, -0.25) is 4.79 Å². The van der Waals surface area contributed by atoms with Gasteiger partial charge in [-0.15, -0.1) is 11.6 Å². The van der Waals surface area contributed by atoms with Crippen molar-refractivity contribution in [1.82, 2.24) is 0 Å². The first-order valence-corrected chi connectivity index (χ1v) is 4.77. The third-order valence-corrected chi connectivity index (χ3v) is 3.90. The minimum absolute atomic E-state index is 0.00560. The Bertz CT molecular complexity index is 241. The zero-order valence-corrected chi connectivity index (χ0v) is 8.15. The van der Waals surface area contributed by atoms with Crippen LogP contribution in [0.15, 0.2) is 0 Å². The first-order chi connectivity index (χ1) is 5.46. The molecule has 0 aromatic carbocycles. The van der Waals surface area contributed by atoms with Gasteiger partial charge in [0, 0.05) is 0 Å². The van der Waals surface area contributed by atoms with Gasteiger partial charge in [-0.25, -0.2) is 0 Å². The smallest absolute Gasteiger partial charge is 0.312 e. The van der Waals surface area contributed by atoms with Crippen molar-refractivity contribution in [2.45, 2.75) is 44.1 Å². The summed E-state index contributed by atoms with van der Waals surface area (Å²) >= 11 is 6.13. The lowest BCUT2D eigenvalue weighted by atomic mass is 9.67. The Morgan fingerprint density at radius 3 is 2.58 bits per heavy atom. The van der Waals surface area contributed by atoms with Crippen LogP contribution in [0.3, 0.4) is 0 Å². The fourth-order valence-corrected chi connectivity index (χ4v) is 2.52. The lowest BCUT2D eigenvalue weighted by Crippen LogP contribution is -2.57. The van der Waals surface area contributed by atoms with Crippen LogP contribution < -0.4 is 0 Å². The second-order valence-corrected chi connectivity index (χ2v) is 4.96. The molecule has 2 nitrogen and oxygen atoms in total. The van der Waals surface area contributed by atoms with Gasteiger partial charge in [0.25, 0.3) is 0 Å². The van der Waals surface area contributed by atoms with Crippen LogP contribution in [0, 0.1) is 5.41 Å². The van der Waals surface area contributed by atoms with E-state index in [-0.39, 0.29) is 16.8 Å². The van der Waals surface area contributed by atoms with Gasteiger partial charge in [0.2, 0.25) is 0 Å². The molecular weight excluding hydrogens is 176 g/mol. The Morgan fingerprint density at radius 1 is 1.50 bits per heavy atom. The van der Waals surface area contributed by atoms with Crippen LogP contribution in [-0.2, 0) is 9.53 Å². The summed E-state index contributed by atoms with van der Waals surface area (Å²) in [6, 6.07) is 0. The highest BCUT2D eigenvalue weighted by molar-refractivity contribution is 6.22. The number of ether oxygens (including phenoxy) is 1. The SMILES string of the molecule is C[C@@]12CC[C@@](C)(OC1=O)[C@H](Cl)C2. The maximum atomic E-state index is 11.4. The Balaban J connectivity index is 2.33. The number of hydrogen-bond donors (Lipinski definition) is 0. The van der Waals surface area contributed by atoms with E-state index in [9.17, 15) is 4.79 Å². The molecule has 3 heteroatoms. The van der Waals surface area contributed by atoms with Crippen molar-refractivity contribution in [2.75, 3.05) is 0 Å². The highest BCUT2D eigenvalue weighted by Gasteiger charge is 2.56. The van der Waals surface area contributed by atoms with E-state index in [0.29, 0.717) is 0 Å². The summed E-state index contributed by atoms with van der Waals surface area (Å²) in [5.74, 6) is -0.0619. The molecule has 1 saturated carbocycles. The summed E-state index contributed by atoms with van der Waals surface area (Å²) in [5, 5.41) is -0.00560. The predicted octanol–water partition coefficient (Wildman–Crippen LogP) is 2.10. The molecule has 0 aromatic rings. The van der Waals surface area contributed by atoms with E-state index in [0.717, 1.165) is 19.3 Å². The van der Waals surface area contributed by atoms with Crippen LogP contribution in [0.4, 0.5) is 0 Å². The Hall–Kier alpha value is -0.240. The summed E-state index contributed by atoms with van der Waals surface area (Å²) < 4.78 is 5.32. The fraction of sp³-hybridized carbons (Fsp3) is 0.889. The van der Waals surface area contributed by atoms with E-state index in [1.165, 1.54) is 0 Å². The Morgan fingerprint density at radius 2 is 2.17 bits per heavy atom. The molecule has 0 unspecified atom stereocenters. The maximum Gasteiger partial charge on any atom is 0.312 e. The Labute approximate surface area is 77.2 Å². The molecule has 1 aliphatic carbocycles. The first kappa shape index (κ1) is 8.36. The highest BCUT2D eigenvalue weighted by Crippen LogP contribution is 2.51. The molecule has 68 valence electrons. The van der Waals surface area contributed by atoms with Crippen molar-refractivity contribution in [2.24, 2.45) is 5.41 Å². The molecule has 3 rings (SSSR count). The van der Waals surface area contributed by atoms with Gasteiger partial charge in [-0.2, -0.15) is 0 Å². The molecule has 12 heavy (non-hydrogen) atoms. The van der Waals surface area contributed by atoms with Gasteiger partial charge in [0.15, 0.2) is 0 Å². The van der Waals surface area contributed by atoms with Gasteiger partial charge in [-0.05, 0) is 33.1 Å². The van der Waals surface area contributed by atoms with Crippen LogP contribution in [0.1, 0.15) is 33.1 Å². The van der Waals surface area contributed by atoms with E-state index >= 15 is 0 Å². The molecule has 2 heterocycles. The highest BCUT2D eigenvalue weighted by atomic mass is 35.5. The van der Waals surface area contributed by atoms with Gasteiger partial charge in [0.05, 0.1) is 10.8 Å². The van der Waals surface area contributed by atoms with Crippen molar-refractivity contribution in [1.29, 1.82) is 0 Å². The van der Waals surface area contributed by atoms with E-state index in [2.05, 4.69) is 0 Å². The number of carbonyl (C=O) groups is 1. The molecule has 2 bridgehead atoms. The molecule has 0 aromatic heterocycles. The van der Waals surface area contributed by atoms with Crippen molar-refractivity contribution < 1.29 is 9.53 Å². The van der Waals surface area contributed by atoms with Crippen LogP contribution in [0.2, 0.25) is 0 Å². The molecule has 0 radical (unpaired) electrons. The number of rotatable bonds is 0. The molecule has 0 amide bonds. The largest absolute Gasteiger partial charge is 0.457 e. The number of halogens is 1. The van der Waals surface area contributed by atoms with Gasteiger partial charge in [0.1, 0.15) is 5.60 Å². The van der Waals surface area contributed by atoms with Crippen molar-refractivity contribution in [3.05, 3.63) is 0 Å². The normalized spacial score (nSPS) is 52.2. The Kier molecular flexibility index (Phi) is 1.51. The topological polar surface area (TPSA) is 26.3 Å². The van der Waals surface area contributed by atoms with Crippen molar-refractivity contribution in [3.63, 3.8) is 0 Å². The third kappa shape index (κ3) is 0.905. The van der Waals surface area contributed by atoms with Gasteiger partial charge in [-0.1, -0.05) is 0 Å². The molecule has 2 saturated heterocycles. The molecule has 3 atom stereocenters. The quantitative estimate of drug-likeness (QED) is 0.430. The second kappa shape index (κ2) is 2.16. The van der Waals surface area contributed by atoms with Crippen LogP contribution in [-0.4, -0.2) is 16.9 Å². The molecule has 0 spiro atoms. The average molecular weight is 189 g/mol. The van der Waals surface area contributed by atoms with Gasteiger partial charge >= 0.3 is 5.97 Å². The van der Waals surface area contributed by atoms with E-state index in [1.807, 2.05) is 13.8 Å². The average Bonchev–Trinajstić information content (AvgIpc) is 1.96. The number of esters is 1. The summed E-state index contributed by atoms with van der Waals surface area (Å²) in [6.07, 6.45) is 2.60. The molecule has 3 fully saturated rings. The predicted molar refractivity (Wildman–Crippen MR) is 46.1 cm³/mol. The molecule has 0 N–H and O–H groups in total. The van der Waals surface area contributed by atoms with Gasteiger partial charge < -0.3 is 4.74 Å². The van der Waals surface area contributed by atoms with Crippen LogP contribution >= 0.6 is 11.6 Å². The summed E-state index contributed by atoms with van der Waals surface area (Å²) in [5.41, 5.74) is -0.694. The van der Waals surface area contributed by atoms with Crippen LogP contribution in [0.25, 0.3) is 0 Å². The first-order valence-electron chi connectivity index (χ1n) is 4.34. The number of fused-ring (bicyclic) bond motifs is 3. The minimum Gasteiger partial charge on any atom is -0.457 e. The molecular formula is C9H13ClO2. The van der Waals surface area contributed by atoms with E-state index in [1.54, 1.807) is 0 Å². The van der Waals surface area contributed by atoms with E-state index in [4.69, 9.17) is 16.3 Å². The van der Waals surface area contributed by atoms with Crippen molar-refractivity contribution >= 4 is 17.6 Å². The number of carbonyl (C=O) groups excluding carboxylic acids is 1. The fourth-order valence-electron chi connectivity index (χ4n) is 2.03. The van der Waals surface area contributed by atoms with Crippen LogP contribution in [0.5, 0.6) is 0 Å². The lowest BCUT2D eigenvalue weighted by molar-refractivity contribution is -0.196. The number of alkyl halides is 1. The second-order valence-electron chi connectivity index (χ2n) is 4.43. The molecule has 2 aliphatic heterocycles. The van der Waals surface area contributed by atoms with E-state index < -0.39 is 5.60 Å². The zero-order valence-electron chi connectivity index (χ0n) is 7.39. The maximum absolute atomic E-state index is 11.4. The lowest BCUT2D eigenvalue weighted by Gasteiger charge is -2.51. The summed E-state index contributed by atoms with van der Waals surface area (Å²) in [6.45, 7) is 3.88. The zero-order chi connectivity index (χ0) is 8.98. The number of hydrogen-bond acceptors (Lipinski definition) is 2. The minimum atomic E-state index is -0.392.